The van der Waals surface area contributed by atoms with E-state index in [0.29, 0.717) is 12.8 Å². The minimum Gasteiger partial charge on any atom is -0.462 e. The molecule has 3 fully saturated rings. The van der Waals surface area contributed by atoms with Crippen LogP contribution in [0, 0.1) is 17.8 Å². The molecule has 2 bridgehead atoms. The molecule has 14 N–H and O–H groups in total. The van der Waals surface area contributed by atoms with Gasteiger partial charge in [0.25, 0.3) is 0 Å². The number of hydrogen-bond acceptors (Lipinski definition) is 18. The fraction of sp³-hybridized carbons (Fsp3) is 0.698. The fourth-order valence-electron chi connectivity index (χ4n) is 9.55. The van der Waals surface area contributed by atoms with Crippen molar-refractivity contribution in [1.82, 2.24) is 5.32 Å². The summed E-state index contributed by atoms with van der Waals surface area (Å²) < 4.78 is 23.8. The van der Waals surface area contributed by atoms with E-state index in [1.807, 2.05) is 37.3 Å². The van der Waals surface area contributed by atoms with Gasteiger partial charge in [-0.05, 0) is 46.0 Å². The first-order valence-electron chi connectivity index (χ1n) is 25.5. The van der Waals surface area contributed by atoms with Crippen molar-refractivity contribution in [2.45, 2.75) is 214 Å². The Morgan fingerprint density at radius 3 is 1.86 bits per heavy atom. The number of nitrogens with two attached hydrogens (primary N) is 1. The van der Waals surface area contributed by atoms with Crippen LogP contribution in [0.25, 0.3) is 0 Å². The van der Waals surface area contributed by atoms with Crippen molar-refractivity contribution in [1.29, 1.82) is 0 Å². The highest BCUT2D eigenvalue weighted by Crippen LogP contribution is 2.38. The van der Waals surface area contributed by atoms with Gasteiger partial charge in [0.2, 0.25) is 5.91 Å². The summed E-state index contributed by atoms with van der Waals surface area (Å²) in [6.45, 7) is 6.79. The Labute approximate surface area is 423 Å². The van der Waals surface area contributed by atoms with Gasteiger partial charge >= 0.3 is 5.97 Å². The lowest BCUT2D eigenvalue weighted by atomic mass is 9.81. The number of rotatable bonds is 4. The van der Waals surface area contributed by atoms with Gasteiger partial charge in [-0.25, -0.2) is 0 Å². The topological polar surface area (TPSA) is 332 Å². The molecule has 21 atom stereocenters. The van der Waals surface area contributed by atoms with E-state index in [0.717, 1.165) is 12.8 Å². The summed E-state index contributed by atoms with van der Waals surface area (Å²) in [6, 6.07) is -1.75. The second-order valence-corrected chi connectivity index (χ2v) is 20.2. The minimum absolute atomic E-state index is 0.102. The van der Waals surface area contributed by atoms with Gasteiger partial charge in [0, 0.05) is 37.5 Å². The van der Waals surface area contributed by atoms with Crippen LogP contribution in [0.2, 0.25) is 0 Å². The molecule has 72 heavy (non-hydrogen) atoms. The second kappa shape index (κ2) is 30.2. The Kier molecular flexibility index (Phi) is 25.6. The number of ether oxygens (including phenoxy) is 4. The zero-order valence-corrected chi connectivity index (χ0v) is 42.1. The first-order valence-corrected chi connectivity index (χ1v) is 25.5. The summed E-state index contributed by atoms with van der Waals surface area (Å²) in [5, 5.41) is 124. The summed E-state index contributed by atoms with van der Waals surface area (Å²) in [5.74, 6) is -5.78. The average Bonchev–Trinajstić information content (AvgIpc) is 3.30. The Morgan fingerprint density at radius 2 is 1.24 bits per heavy atom. The molecule has 0 aromatic carbocycles. The maximum atomic E-state index is 14.1. The van der Waals surface area contributed by atoms with Gasteiger partial charge in [-0.1, -0.05) is 112 Å². The van der Waals surface area contributed by atoms with Gasteiger partial charge in [-0.3, -0.25) is 9.59 Å². The van der Waals surface area contributed by atoms with Crippen LogP contribution < -0.4 is 11.1 Å². The second-order valence-electron chi connectivity index (χ2n) is 20.2. The van der Waals surface area contributed by atoms with Crippen LogP contribution in [-0.2, 0) is 28.5 Å². The molecule has 4 rings (SSSR count). The van der Waals surface area contributed by atoms with E-state index in [4.69, 9.17) is 24.7 Å². The van der Waals surface area contributed by atoms with E-state index in [9.17, 15) is 65.8 Å². The molecule has 3 aliphatic heterocycles. The van der Waals surface area contributed by atoms with Crippen molar-refractivity contribution >= 4 is 11.9 Å². The predicted octanol–water partition coefficient (Wildman–Crippen LogP) is 1.05. The van der Waals surface area contributed by atoms with Gasteiger partial charge in [-0.2, -0.15) is 0 Å². The Balaban J connectivity index is 1.61. The van der Waals surface area contributed by atoms with Crippen molar-refractivity contribution in [2.75, 3.05) is 0 Å². The molecule has 1 saturated carbocycles. The van der Waals surface area contributed by atoms with E-state index in [2.05, 4.69) is 5.32 Å². The van der Waals surface area contributed by atoms with Crippen LogP contribution in [0.5, 0.6) is 0 Å². The van der Waals surface area contributed by atoms with Crippen molar-refractivity contribution in [3.8, 4) is 0 Å². The van der Waals surface area contributed by atoms with E-state index in [1.54, 1.807) is 75.5 Å². The Bertz CT molecular complexity index is 1860. The number of hydrogen-bond donors (Lipinski definition) is 13. The molecule has 0 radical (unpaired) electrons. The van der Waals surface area contributed by atoms with Crippen LogP contribution in [0.1, 0.15) is 105 Å². The number of amides is 1. The number of fused-ring (bicyclic) bond motifs is 2. The summed E-state index contributed by atoms with van der Waals surface area (Å²) in [5.41, 5.74) is 6.12. The summed E-state index contributed by atoms with van der Waals surface area (Å²) in [4.78, 5) is 26.8. The third-order valence-corrected chi connectivity index (χ3v) is 14.1. The number of esters is 1. The summed E-state index contributed by atoms with van der Waals surface area (Å²) in [7, 11) is 0. The minimum atomic E-state index is -2.30. The molecule has 4 aliphatic rings. The first-order chi connectivity index (χ1) is 34.1. The highest BCUT2D eigenvalue weighted by Gasteiger charge is 2.51. The lowest BCUT2D eigenvalue weighted by molar-refractivity contribution is -0.307. The van der Waals surface area contributed by atoms with Crippen molar-refractivity contribution in [3.05, 3.63) is 85.1 Å². The van der Waals surface area contributed by atoms with E-state index >= 15 is 0 Å². The van der Waals surface area contributed by atoms with Gasteiger partial charge in [0.1, 0.15) is 12.2 Å². The van der Waals surface area contributed by atoms with Crippen molar-refractivity contribution in [3.63, 3.8) is 0 Å². The number of cyclic esters (lactones) is 1. The van der Waals surface area contributed by atoms with Crippen LogP contribution in [0.3, 0.4) is 0 Å². The number of carbonyl (C=O) groups excluding carboxylic acids is 2. The lowest BCUT2D eigenvalue weighted by Gasteiger charge is -2.46. The average molecular weight is 1020 g/mol. The molecule has 2 saturated heterocycles. The van der Waals surface area contributed by atoms with Gasteiger partial charge in [0.15, 0.2) is 12.1 Å². The molecule has 0 spiro atoms. The third kappa shape index (κ3) is 19.7. The monoisotopic (exact) mass is 1020 g/mol. The van der Waals surface area contributed by atoms with E-state index in [-0.39, 0.29) is 31.6 Å². The first kappa shape index (κ1) is 61.1. The summed E-state index contributed by atoms with van der Waals surface area (Å²) >= 11 is 0. The predicted molar refractivity (Wildman–Crippen MR) is 266 cm³/mol. The number of nitrogens with one attached hydrogen (secondary N) is 1. The molecular formula is C53H84N2O17. The maximum absolute atomic E-state index is 14.1. The molecule has 0 unspecified atom stereocenters. The molecule has 1 amide bonds. The van der Waals surface area contributed by atoms with Crippen LogP contribution >= 0.6 is 0 Å². The van der Waals surface area contributed by atoms with Crippen LogP contribution in [-0.4, -0.2) is 178 Å². The SMILES string of the molecule is C[C@@H]1[C@H](O)[C@@H](C)/C=C/C=C/C=C/C=C/C=C/C=C/C=C/[C@H](O[C@@H]2O[C@H](C)[C@@H](O)[C@H](N)[C@@H]2O)C[C@@H]2O[C@](O)(C[C@@H](O)C[C@@H](O)[C@H](O)CC[C@@H](O)C[C@@H](O)CC(=O)O[C@H]1C)C[C@H](O)[C@H]2C(=O)N[C@H]1CCCC[C@H]1O. The Morgan fingerprint density at radius 1 is 0.639 bits per heavy atom. The normalized spacial score (nSPS) is 45.5. The maximum Gasteiger partial charge on any atom is 0.308 e. The number of carbonyl (C=O) groups is 2. The van der Waals surface area contributed by atoms with Crippen molar-refractivity contribution in [2.24, 2.45) is 23.5 Å². The molecule has 19 heteroatoms. The molecule has 1 aliphatic carbocycles. The molecule has 19 nitrogen and oxygen atoms in total. The number of allylic oxidation sites excluding steroid dienone is 12. The summed E-state index contributed by atoms with van der Waals surface area (Å²) in [6.07, 6.45) is 5.97. The quantitative estimate of drug-likeness (QED) is 0.175. The highest BCUT2D eigenvalue weighted by molar-refractivity contribution is 5.80. The van der Waals surface area contributed by atoms with Crippen LogP contribution in [0.15, 0.2) is 85.1 Å². The largest absolute Gasteiger partial charge is 0.462 e. The standard InChI is InChI=1S/C53H84N2O17/c1-31-19-15-13-11-9-7-5-6-8-10-12-14-16-20-38(71-52-50(66)47(54)49(65)34(4)70-52)28-44-46(51(67)55-39-21-17-18-22-40(39)59)43(62)30-53(68,72-44)29-37(58)26-42(61)41(60)24-23-35(56)25-36(57)27-45(63)69-33(3)32(2)48(31)64/h5-16,19-20,31-44,46-50,52,56-62,64-66,68H,17-18,21-30,54H2,1-4H3,(H,55,67)/b6-5+,9-7+,10-8+,13-11+,14-12+,19-15+,20-16+/t31-,32-,33-,34+,35+,36+,37-,38-,39-,40+,41+,42+,43-,44-,46+,47-,48+,49+,50-,52-,53+/m0/s1. The highest BCUT2D eigenvalue weighted by atomic mass is 16.7. The zero-order chi connectivity index (χ0) is 53.1. The molecule has 3 heterocycles. The van der Waals surface area contributed by atoms with Gasteiger partial charge in [0.05, 0.1) is 97.7 Å². The third-order valence-electron chi connectivity index (χ3n) is 14.1. The van der Waals surface area contributed by atoms with Crippen LogP contribution in [0.4, 0.5) is 0 Å². The number of aliphatic hydroxyl groups is 11. The zero-order valence-electron chi connectivity index (χ0n) is 42.1. The molecular weight excluding hydrogens is 937 g/mol. The van der Waals surface area contributed by atoms with E-state index in [1.165, 1.54) is 0 Å². The van der Waals surface area contributed by atoms with Crippen molar-refractivity contribution < 1.29 is 84.7 Å². The van der Waals surface area contributed by atoms with E-state index < -0.39 is 159 Å². The van der Waals surface area contributed by atoms with Gasteiger partial charge < -0.3 is 86.2 Å². The smallest absolute Gasteiger partial charge is 0.308 e. The Hall–Kier alpha value is -3.48. The molecule has 0 aromatic heterocycles. The molecule has 0 aromatic rings. The van der Waals surface area contributed by atoms with Gasteiger partial charge in [-0.15, -0.1) is 0 Å². The lowest BCUT2D eigenvalue weighted by Crippen LogP contribution is -2.62. The molecule has 408 valence electrons. The number of aliphatic hydroxyl groups excluding tert-OH is 10. The fourth-order valence-corrected chi connectivity index (χ4v) is 9.55.